The Morgan fingerprint density at radius 1 is 1.00 bits per heavy atom. The summed E-state index contributed by atoms with van der Waals surface area (Å²) < 4.78 is 41.6. The highest BCUT2D eigenvalue weighted by Crippen LogP contribution is 2.15. The van der Waals surface area contributed by atoms with Gasteiger partial charge in [0.05, 0.1) is 4.90 Å². The van der Waals surface area contributed by atoms with E-state index in [-0.39, 0.29) is 16.5 Å². The van der Waals surface area contributed by atoms with Crippen LogP contribution in [0.2, 0.25) is 0 Å². The number of amides is 1. The van der Waals surface area contributed by atoms with Crippen LogP contribution >= 0.6 is 0 Å². The summed E-state index contributed by atoms with van der Waals surface area (Å²) in [5.41, 5.74) is 2.30. The van der Waals surface area contributed by atoms with Crippen molar-refractivity contribution in [2.75, 3.05) is 0 Å². The highest BCUT2D eigenvalue weighted by atomic mass is 32.2. The molecule has 8 nitrogen and oxygen atoms in total. The van der Waals surface area contributed by atoms with E-state index in [2.05, 4.69) is 15.1 Å². The van der Waals surface area contributed by atoms with Crippen molar-refractivity contribution in [2.45, 2.75) is 32.6 Å². The summed E-state index contributed by atoms with van der Waals surface area (Å²) in [6, 6.07) is 6.52. The molecule has 0 atom stereocenters. The lowest BCUT2D eigenvalue weighted by atomic mass is 10.2. The molecule has 0 aliphatic rings. The summed E-state index contributed by atoms with van der Waals surface area (Å²) in [5.74, 6) is -1.37. The van der Waals surface area contributed by atoms with E-state index < -0.39 is 21.7 Å². The first-order chi connectivity index (χ1) is 13.0. The van der Waals surface area contributed by atoms with Gasteiger partial charge in [-0.25, -0.2) is 32.2 Å². The molecule has 1 aromatic carbocycles. The maximum Gasteiger partial charge on any atom is 0.285 e. The molecule has 0 spiro atoms. The molecule has 0 aliphatic carbocycles. The molecule has 2 heterocycles. The molecule has 10 heteroatoms. The fraction of sp³-hybridized carbons (Fsp3) is 0.222. The predicted molar refractivity (Wildman–Crippen MR) is 99.2 cm³/mol. The molecule has 0 bridgehead atoms. The molecular formula is C18H18FN5O3S. The summed E-state index contributed by atoms with van der Waals surface area (Å²) in [6.07, 6.45) is 0. The topological polar surface area (TPSA) is 107 Å². The largest absolute Gasteiger partial charge is 0.285 e. The molecule has 0 saturated heterocycles. The third-order valence-electron chi connectivity index (χ3n) is 3.83. The van der Waals surface area contributed by atoms with Gasteiger partial charge in [0.25, 0.3) is 21.9 Å². The van der Waals surface area contributed by atoms with Crippen molar-refractivity contribution in [1.29, 1.82) is 0 Å². The average Bonchev–Trinajstić information content (AvgIpc) is 2.95. The van der Waals surface area contributed by atoms with Crippen LogP contribution in [0.25, 0.3) is 5.95 Å². The summed E-state index contributed by atoms with van der Waals surface area (Å²) in [6.45, 7) is 6.85. The minimum Gasteiger partial charge on any atom is -0.266 e. The molecule has 146 valence electrons. The van der Waals surface area contributed by atoms with E-state index in [1.165, 1.54) is 22.9 Å². The number of nitrogens with one attached hydrogen (secondary N) is 1. The van der Waals surface area contributed by atoms with Gasteiger partial charge < -0.3 is 0 Å². The molecule has 0 saturated carbocycles. The molecule has 0 radical (unpaired) electrons. The number of benzene rings is 1. The third-order valence-corrected chi connectivity index (χ3v) is 5.14. The van der Waals surface area contributed by atoms with Gasteiger partial charge in [-0.2, -0.15) is 5.10 Å². The summed E-state index contributed by atoms with van der Waals surface area (Å²) in [7, 11) is -4.25. The first-order valence-corrected chi connectivity index (χ1v) is 9.77. The standard InChI is InChI=1S/C18H18FN5O3S/c1-10-5-14(19)9-15(6-10)28(26,27)23-17(25)16-8-13(4)24(22-16)18-20-11(2)7-12(3)21-18/h5-9H,1-4H3,(H,23,25). The summed E-state index contributed by atoms with van der Waals surface area (Å²) in [5, 5.41) is 4.12. The maximum absolute atomic E-state index is 13.5. The van der Waals surface area contributed by atoms with Crippen LogP contribution in [0.15, 0.2) is 35.2 Å². The number of aromatic nitrogens is 4. The van der Waals surface area contributed by atoms with E-state index in [1.54, 1.807) is 33.8 Å². The lowest BCUT2D eigenvalue weighted by molar-refractivity contribution is 0.0976. The Morgan fingerprint density at radius 2 is 1.64 bits per heavy atom. The minimum absolute atomic E-state index is 0.128. The lowest BCUT2D eigenvalue weighted by Gasteiger charge is -2.07. The van der Waals surface area contributed by atoms with Crippen LogP contribution in [0.5, 0.6) is 0 Å². The minimum atomic E-state index is -4.25. The van der Waals surface area contributed by atoms with E-state index in [1.807, 2.05) is 4.72 Å². The van der Waals surface area contributed by atoms with Gasteiger partial charge in [0, 0.05) is 17.1 Å². The Labute approximate surface area is 161 Å². The number of hydrogen-bond donors (Lipinski definition) is 1. The van der Waals surface area contributed by atoms with Crippen LogP contribution in [0, 0.1) is 33.5 Å². The van der Waals surface area contributed by atoms with Crippen molar-refractivity contribution in [3.8, 4) is 5.95 Å². The summed E-state index contributed by atoms with van der Waals surface area (Å²) >= 11 is 0. The SMILES string of the molecule is Cc1cc(F)cc(S(=O)(=O)NC(=O)c2cc(C)n(-c3nc(C)cc(C)n3)n2)c1. The van der Waals surface area contributed by atoms with Crippen molar-refractivity contribution in [3.05, 3.63) is 64.5 Å². The molecule has 1 N–H and O–H groups in total. The molecule has 2 aromatic heterocycles. The average molecular weight is 403 g/mol. The Bertz CT molecular complexity index is 1150. The Hall–Kier alpha value is -3.14. The zero-order valence-corrected chi connectivity index (χ0v) is 16.5. The second-order valence-electron chi connectivity index (χ2n) is 6.43. The summed E-state index contributed by atoms with van der Waals surface area (Å²) in [4.78, 5) is 20.6. The van der Waals surface area contributed by atoms with Gasteiger partial charge in [-0.1, -0.05) is 0 Å². The van der Waals surface area contributed by atoms with Crippen molar-refractivity contribution in [2.24, 2.45) is 0 Å². The number of halogens is 1. The van der Waals surface area contributed by atoms with E-state index in [0.717, 1.165) is 17.5 Å². The quantitative estimate of drug-likeness (QED) is 0.715. The zero-order chi connectivity index (χ0) is 20.6. The number of rotatable bonds is 4. The first kappa shape index (κ1) is 19.6. The molecule has 0 aliphatic heterocycles. The van der Waals surface area contributed by atoms with Crippen molar-refractivity contribution in [1.82, 2.24) is 24.5 Å². The van der Waals surface area contributed by atoms with Gasteiger partial charge in [0.1, 0.15) is 5.82 Å². The second-order valence-corrected chi connectivity index (χ2v) is 8.11. The molecular weight excluding hydrogens is 385 g/mol. The molecule has 3 rings (SSSR count). The van der Waals surface area contributed by atoms with Gasteiger partial charge >= 0.3 is 0 Å². The number of nitrogens with zero attached hydrogens (tertiary/aromatic N) is 4. The van der Waals surface area contributed by atoms with Crippen molar-refractivity contribution >= 4 is 15.9 Å². The number of carbonyl (C=O) groups is 1. The normalized spacial score (nSPS) is 11.5. The van der Waals surface area contributed by atoms with E-state index in [9.17, 15) is 17.6 Å². The van der Waals surface area contributed by atoms with Crippen LogP contribution < -0.4 is 4.72 Å². The molecule has 0 fully saturated rings. The van der Waals surface area contributed by atoms with Crippen LogP contribution in [0.3, 0.4) is 0 Å². The number of sulfonamides is 1. The molecule has 0 unspecified atom stereocenters. The van der Waals surface area contributed by atoms with Crippen LogP contribution in [0.4, 0.5) is 4.39 Å². The monoisotopic (exact) mass is 403 g/mol. The highest BCUT2D eigenvalue weighted by molar-refractivity contribution is 7.90. The van der Waals surface area contributed by atoms with Gasteiger partial charge in [0.2, 0.25) is 0 Å². The Morgan fingerprint density at radius 3 is 2.25 bits per heavy atom. The van der Waals surface area contributed by atoms with E-state index in [0.29, 0.717) is 11.3 Å². The number of aryl methyl sites for hydroxylation is 4. The molecule has 3 aromatic rings. The van der Waals surface area contributed by atoms with Crippen LogP contribution in [-0.4, -0.2) is 34.1 Å². The third kappa shape index (κ3) is 4.06. The van der Waals surface area contributed by atoms with Gasteiger partial charge in [-0.05, 0) is 63.6 Å². The fourth-order valence-corrected chi connectivity index (χ4v) is 3.76. The molecule has 1 amide bonds. The van der Waals surface area contributed by atoms with Crippen molar-refractivity contribution in [3.63, 3.8) is 0 Å². The van der Waals surface area contributed by atoms with Crippen molar-refractivity contribution < 1.29 is 17.6 Å². The fourth-order valence-electron chi connectivity index (χ4n) is 2.68. The van der Waals surface area contributed by atoms with E-state index >= 15 is 0 Å². The maximum atomic E-state index is 13.5. The lowest BCUT2D eigenvalue weighted by Crippen LogP contribution is -2.31. The first-order valence-electron chi connectivity index (χ1n) is 8.29. The highest BCUT2D eigenvalue weighted by Gasteiger charge is 2.22. The number of carbonyl (C=O) groups excluding carboxylic acids is 1. The van der Waals surface area contributed by atoms with Gasteiger partial charge in [-0.3, -0.25) is 4.79 Å². The Balaban J connectivity index is 1.91. The smallest absolute Gasteiger partial charge is 0.266 e. The molecule has 28 heavy (non-hydrogen) atoms. The zero-order valence-electron chi connectivity index (χ0n) is 15.7. The van der Waals surface area contributed by atoms with Gasteiger partial charge in [0.15, 0.2) is 5.69 Å². The van der Waals surface area contributed by atoms with Crippen LogP contribution in [0.1, 0.15) is 33.1 Å². The second kappa shape index (κ2) is 7.12. The van der Waals surface area contributed by atoms with Gasteiger partial charge in [-0.15, -0.1) is 0 Å². The van der Waals surface area contributed by atoms with E-state index in [4.69, 9.17) is 0 Å². The van der Waals surface area contributed by atoms with Crippen LogP contribution in [-0.2, 0) is 10.0 Å². The Kier molecular flexibility index (Phi) is 4.99. The predicted octanol–water partition coefficient (Wildman–Crippen LogP) is 2.15. The number of hydrogen-bond acceptors (Lipinski definition) is 6.